The van der Waals surface area contributed by atoms with E-state index in [2.05, 4.69) is 15.5 Å². The molecule has 0 saturated carbocycles. The molecule has 60 valence electrons. The minimum absolute atomic E-state index is 0.0794. The van der Waals surface area contributed by atoms with Gasteiger partial charge in [0.25, 0.3) is 5.24 Å². The number of rotatable bonds is 2. The van der Waals surface area contributed by atoms with Gasteiger partial charge in [-0.05, 0) is 6.92 Å². The molecule has 11 heavy (non-hydrogen) atoms. The van der Waals surface area contributed by atoms with Gasteiger partial charge in [-0.15, -0.1) is 10.2 Å². The number of nitrogens with one attached hydrogen (secondary N) is 1. The fraction of sp³-hybridized carbons (Fsp3) is 0.400. The molecule has 0 aliphatic heterocycles. The molecular formula is C5H7N3OS2. The van der Waals surface area contributed by atoms with Crippen LogP contribution in [0.4, 0.5) is 4.79 Å². The second-order valence-corrected chi connectivity index (χ2v) is 3.68. The van der Waals surface area contributed by atoms with E-state index >= 15 is 0 Å². The zero-order valence-corrected chi connectivity index (χ0v) is 7.54. The Morgan fingerprint density at radius 3 is 3.27 bits per heavy atom. The Bertz CT molecular complexity index is 224. The Hall–Kier alpha value is -0.620. The molecule has 0 saturated heterocycles. The van der Waals surface area contributed by atoms with Crippen molar-refractivity contribution in [1.29, 1.82) is 0 Å². The Morgan fingerprint density at radius 1 is 1.91 bits per heavy atom. The molecule has 0 aromatic carbocycles. The summed E-state index contributed by atoms with van der Waals surface area (Å²) in [5.74, 6) is 0. The van der Waals surface area contributed by atoms with Crippen LogP contribution in [0.5, 0.6) is 0 Å². The highest BCUT2D eigenvalue weighted by Crippen LogP contribution is 2.18. The molecule has 1 rings (SSSR count). The molecule has 6 heteroatoms. The maximum atomic E-state index is 10.9. The average Bonchev–Trinajstić information content (AvgIpc) is 2.40. The predicted octanol–water partition coefficient (Wildman–Crippen LogP) is 1.36. The van der Waals surface area contributed by atoms with Crippen LogP contribution in [-0.4, -0.2) is 22.0 Å². The van der Waals surface area contributed by atoms with Gasteiger partial charge in [-0.3, -0.25) is 4.79 Å². The van der Waals surface area contributed by atoms with E-state index in [9.17, 15) is 4.79 Å². The van der Waals surface area contributed by atoms with Gasteiger partial charge in [0.1, 0.15) is 5.51 Å². The van der Waals surface area contributed by atoms with Gasteiger partial charge < -0.3 is 5.32 Å². The first-order chi connectivity index (χ1) is 5.33. The van der Waals surface area contributed by atoms with Crippen LogP contribution < -0.4 is 5.32 Å². The molecule has 0 fully saturated rings. The van der Waals surface area contributed by atoms with E-state index in [1.165, 1.54) is 11.3 Å². The quantitative estimate of drug-likeness (QED) is 0.714. The fourth-order valence-corrected chi connectivity index (χ4v) is 1.76. The summed E-state index contributed by atoms with van der Waals surface area (Å²) in [5.41, 5.74) is 1.60. The molecule has 0 aliphatic carbocycles. The third kappa shape index (κ3) is 2.85. The zero-order valence-electron chi connectivity index (χ0n) is 5.90. The highest BCUT2D eigenvalue weighted by atomic mass is 32.2. The summed E-state index contributed by atoms with van der Waals surface area (Å²) in [7, 11) is 0. The molecule has 4 nitrogen and oxygen atoms in total. The molecule has 1 amide bonds. The van der Waals surface area contributed by atoms with Gasteiger partial charge in [-0.2, -0.15) is 0 Å². The second kappa shape index (κ2) is 4.30. The molecule has 1 aromatic rings. The van der Waals surface area contributed by atoms with Gasteiger partial charge >= 0.3 is 0 Å². The lowest BCUT2D eigenvalue weighted by Gasteiger charge is -1.95. The summed E-state index contributed by atoms with van der Waals surface area (Å²) in [6.07, 6.45) is 0. The van der Waals surface area contributed by atoms with Crippen molar-refractivity contribution in [3.63, 3.8) is 0 Å². The van der Waals surface area contributed by atoms with Gasteiger partial charge in [0.05, 0.1) is 0 Å². The Labute approximate surface area is 72.4 Å². The predicted molar refractivity (Wildman–Crippen MR) is 44.8 cm³/mol. The number of thioether (sulfide) groups is 1. The van der Waals surface area contributed by atoms with E-state index in [4.69, 9.17) is 0 Å². The zero-order chi connectivity index (χ0) is 8.10. The van der Waals surface area contributed by atoms with Crippen LogP contribution in [0.2, 0.25) is 0 Å². The Kier molecular flexibility index (Phi) is 3.31. The number of nitrogens with zero attached hydrogens (tertiary/aromatic N) is 2. The van der Waals surface area contributed by atoms with Crippen molar-refractivity contribution in [3.05, 3.63) is 5.51 Å². The normalized spacial score (nSPS) is 9.55. The van der Waals surface area contributed by atoms with Crippen molar-refractivity contribution in [2.75, 3.05) is 6.54 Å². The van der Waals surface area contributed by atoms with Crippen LogP contribution in [0.3, 0.4) is 0 Å². The second-order valence-electron chi connectivity index (χ2n) is 1.62. The summed E-state index contributed by atoms with van der Waals surface area (Å²) in [4.78, 5) is 10.9. The number of amides is 1. The first-order valence-corrected chi connectivity index (χ1v) is 4.74. The summed E-state index contributed by atoms with van der Waals surface area (Å²) in [5, 5.41) is 9.88. The van der Waals surface area contributed by atoms with Crippen LogP contribution in [0.15, 0.2) is 9.85 Å². The molecule has 0 aliphatic rings. The molecule has 1 heterocycles. The van der Waals surface area contributed by atoms with E-state index in [0.29, 0.717) is 10.9 Å². The van der Waals surface area contributed by atoms with E-state index in [1.54, 1.807) is 5.51 Å². The van der Waals surface area contributed by atoms with Crippen LogP contribution >= 0.6 is 23.1 Å². The van der Waals surface area contributed by atoms with Crippen molar-refractivity contribution < 1.29 is 4.79 Å². The van der Waals surface area contributed by atoms with Gasteiger partial charge in [0, 0.05) is 18.3 Å². The van der Waals surface area contributed by atoms with Crippen LogP contribution in [0, 0.1) is 0 Å². The van der Waals surface area contributed by atoms with Crippen LogP contribution in [-0.2, 0) is 0 Å². The lowest BCUT2D eigenvalue weighted by molar-refractivity contribution is 0.261. The van der Waals surface area contributed by atoms with Gasteiger partial charge in [0.15, 0.2) is 4.34 Å². The number of hydrogen-bond acceptors (Lipinski definition) is 5. The van der Waals surface area contributed by atoms with Crippen molar-refractivity contribution >= 4 is 28.3 Å². The molecule has 0 bridgehead atoms. The third-order valence-corrected chi connectivity index (χ3v) is 2.45. The Morgan fingerprint density at radius 2 is 2.73 bits per heavy atom. The minimum atomic E-state index is -0.0794. The number of hydrogen-bond donors (Lipinski definition) is 1. The molecule has 1 aromatic heterocycles. The Balaban J connectivity index is 2.37. The van der Waals surface area contributed by atoms with Crippen LogP contribution in [0.25, 0.3) is 0 Å². The maximum absolute atomic E-state index is 10.9. The van der Waals surface area contributed by atoms with E-state index in [-0.39, 0.29) is 5.24 Å². The molecule has 1 N–H and O–H groups in total. The maximum Gasteiger partial charge on any atom is 0.286 e. The number of carbonyl (C=O) groups excluding carboxylic acids is 1. The largest absolute Gasteiger partial charge is 0.347 e. The van der Waals surface area contributed by atoms with Crippen molar-refractivity contribution in [3.8, 4) is 0 Å². The van der Waals surface area contributed by atoms with Gasteiger partial charge in [-0.25, -0.2) is 0 Å². The summed E-state index contributed by atoms with van der Waals surface area (Å²) in [6.45, 7) is 2.52. The van der Waals surface area contributed by atoms with Crippen LogP contribution in [0.1, 0.15) is 6.92 Å². The summed E-state index contributed by atoms with van der Waals surface area (Å²) < 4.78 is 0.677. The summed E-state index contributed by atoms with van der Waals surface area (Å²) in [6, 6.07) is 0. The monoisotopic (exact) mass is 189 g/mol. The molecule has 0 spiro atoms. The summed E-state index contributed by atoms with van der Waals surface area (Å²) >= 11 is 2.43. The lowest BCUT2D eigenvalue weighted by Crippen LogP contribution is -2.16. The van der Waals surface area contributed by atoms with Crippen molar-refractivity contribution in [1.82, 2.24) is 15.5 Å². The first-order valence-electron chi connectivity index (χ1n) is 3.04. The number of aromatic nitrogens is 2. The lowest BCUT2D eigenvalue weighted by atomic mass is 10.8. The smallest absolute Gasteiger partial charge is 0.286 e. The molecule has 0 unspecified atom stereocenters. The van der Waals surface area contributed by atoms with E-state index in [1.807, 2.05) is 6.92 Å². The molecular weight excluding hydrogens is 182 g/mol. The third-order valence-electron chi connectivity index (χ3n) is 0.841. The minimum Gasteiger partial charge on any atom is -0.347 e. The standard InChI is InChI=1S/C5H7N3OS2/c1-2-6-4(9)11-5-8-7-3-10-5/h3H,2H2,1H3,(H,6,9). The highest BCUT2D eigenvalue weighted by Gasteiger charge is 2.04. The van der Waals surface area contributed by atoms with Gasteiger partial charge in [-0.1, -0.05) is 11.3 Å². The SMILES string of the molecule is CCNC(=O)Sc1nncs1. The average molecular weight is 189 g/mol. The fourth-order valence-electron chi connectivity index (χ4n) is 0.467. The highest BCUT2D eigenvalue weighted by molar-refractivity contribution is 8.14. The topological polar surface area (TPSA) is 54.9 Å². The molecule has 0 radical (unpaired) electrons. The van der Waals surface area contributed by atoms with Crippen molar-refractivity contribution in [2.24, 2.45) is 0 Å². The van der Waals surface area contributed by atoms with E-state index in [0.717, 1.165) is 11.8 Å². The first kappa shape index (κ1) is 8.48. The number of carbonyl (C=O) groups is 1. The van der Waals surface area contributed by atoms with Gasteiger partial charge in [0.2, 0.25) is 0 Å². The van der Waals surface area contributed by atoms with E-state index < -0.39 is 0 Å². The van der Waals surface area contributed by atoms with Crippen molar-refractivity contribution in [2.45, 2.75) is 11.3 Å². The molecule has 0 atom stereocenters.